The van der Waals surface area contributed by atoms with Gasteiger partial charge in [-0.1, -0.05) is 69.3 Å². The second-order valence-corrected chi connectivity index (χ2v) is 12.7. The molecule has 0 saturated heterocycles. The Hall–Kier alpha value is -4.32. The summed E-state index contributed by atoms with van der Waals surface area (Å²) in [5.74, 6) is 0.116. The molecule has 47 heavy (non-hydrogen) atoms. The molecule has 0 spiro atoms. The van der Waals surface area contributed by atoms with E-state index < -0.39 is 11.7 Å². The molecule has 0 radical (unpaired) electrons. The van der Waals surface area contributed by atoms with Gasteiger partial charge in [0.15, 0.2) is 0 Å². The highest BCUT2D eigenvalue weighted by Gasteiger charge is 2.30. The fraction of sp³-hybridized carbons (Fsp3) is 0.341. The third kappa shape index (κ3) is 7.98. The number of pyridine rings is 1. The molecule has 0 saturated carbocycles. The Morgan fingerprint density at radius 3 is 1.79 bits per heavy atom. The molecule has 6 heteroatoms. The van der Waals surface area contributed by atoms with Crippen LogP contribution in [0.5, 0.6) is 0 Å². The number of alkyl halides is 3. The number of anilines is 2. The second kappa shape index (κ2) is 14.6. The van der Waals surface area contributed by atoms with Gasteiger partial charge in [-0.2, -0.15) is 13.2 Å². The Labute approximate surface area is 278 Å². The van der Waals surface area contributed by atoms with Gasteiger partial charge in [-0.3, -0.25) is 4.98 Å². The average Bonchev–Trinajstić information content (AvgIpc) is 3.07. The van der Waals surface area contributed by atoms with Gasteiger partial charge in [0.1, 0.15) is 0 Å². The van der Waals surface area contributed by atoms with E-state index in [9.17, 15) is 13.2 Å². The Balaban J connectivity index is 1.36. The molecule has 0 aliphatic heterocycles. The molecule has 1 aromatic heterocycles. The topological polar surface area (TPSA) is 19.4 Å². The zero-order chi connectivity index (χ0) is 33.7. The minimum absolute atomic E-state index is 0.116. The van der Waals surface area contributed by atoms with Gasteiger partial charge >= 0.3 is 6.18 Å². The highest BCUT2D eigenvalue weighted by atomic mass is 19.4. The summed E-state index contributed by atoms with van der Waals surface area (Å²) in [6.07, 6.45) is -0.166. The van der Waals surface area contributed by atoms with Crippen molar-refractivity contribution in [3.05, 3.63) is 136 Å². The fourth-order valence-electron chi connectivity index (χ4n) is 6.38. The number of aromatic nitrogens is 1. The molecule has 1 heterocycles. The van der Waals surface area contributed by atoms with E-state index in [2.05, 4.69) is 112 Å². The summed E-state index contributed by atoms with van der Waals surface area (Å²) in [6, 6.07) is 30.6. The lowest BCUT2D eigenvalue weighted by atomic mass is 9.83. The van der Waals surface area contributed by atoms with E-state index in [0.29, 0.717) is 18.2 Å². The van der Waals surface area contributed by atoms with Crippen LogP contribution in [0.4, 0.5) is 24.5 Å². The van der Waals surface area contributed by atoms with Crippen LogP contribution in [0.25, 0.3) is 10.8 Å². The van der Waals surface area contributed by atoms with Crippen LogP contribution in [-0.4, -0.2) is 32.7 Å². The lowest BCUT2D eigenvalue weighted by Gasteiger charge is -2.24. The van der Waals surface area contributed by atoms with Gasteiger partial charge in [-0.25, -0.2) is 0 Å². The van der Waals surface area contributed by atoms with Gasteiger partial charge in [-0.15, -0.1) is 0 Å². The van der Waals surface area contributed by atoms with Crippen LogP contribution in [-0.2, 0) is 31.9 Å². The van der Waals surface area contributed by atoms with Crippen LogP contribution in [0.3, 0.4) is 0 Å². The van der Waals surface area contributed by atoms with Gasteiger partial charge in [0.2, 0.25) is 0 Å². The Bertz CT molecular complexity index is 1770. The number of halogens is 3. The SMILES string of the molecule is CCc1cc(CC)cc(C(c2ccc(N(C)C)cc2)c2ccc(N(C)CCCc3nc(CC)cc4cc(C(F)(F)F)ccc34)cc2)c1. The summed E-state index contributed by atoms with van der Waals surface area (Å²) in [4.78, 5) is 9.17. The zero-order valence-electron chi connectivity index (χ0n) is 28.5. The quantitative estimate of drug-likeness (QED) is 0.127. The maximum Gasteiger partial charge on any atom is 0.416 e. The first kappa shape index (κ1) is 34.0. The number of benzene rings is 4. The molecule has 0 amide bonds. The largest absolute Gasteiger partial charge is 0.416 e. The maximum absolute atomic E-state index is 13.4. The van der Waals surface area contributed by atoms with Crippen molar-refractivity contribution >= 4 is 22.1 Å². The highest BCUT2D eigenvalue weighted by Crippen LogP contribution is 2.36. The standard InChI is InChI=1S/C41H46F3N3/c1-7-28-23-29(8-2)25-33(24-28)40(30-12-17-36(18-13-30)46(4)5)31-14-19-37(20-15-31)47(6)22-10-11-39-38-21-16-34(41(42,43)44)26-32(38)27-35(9-3)45-39/h12-21,23-27,40H,7-11,22H2,1-6H3. The molecular formula is C41H46F3N3. The number of hydrogen-bond acceptors (Lipinski definition) is 3. The van der Waals surface area contributed by atoms with Gasteiger partial charge < -0.3 is 9.80 Å². The van der Waals surface area contributed by atoms with E-state index in [0.717, 1.165) is 54.3 Å². The van der Waals surface area contributed by atoms with Crippen molar-refractivity contribution in [2.45, 2.75) is 65.0 Å². The van der Waals surface area contributed by atoms with Crippen molar-refractivity contribution in [3.63, 3.8) is 0 Å². The van der Waals surface area contributed by atoms with Crippen LogP contribution in [0, 0.1) is 0 Å². The van der Waals surface area contributed by atoms with E-state index in [4.69, 9.17) is 4.98 Å². The van der Waals surface area contributed by atoms with Crippen molar-refractivity contribution in [3.8, 4) is 0 Å². The summed E-state index contributed by atoms with van der Waals surface area (Å²) in [7, 11) is 6.22. The lowest BCUT2D eigenvalue weighted by Crippen LogP contribution is -2.19. The van der Waals surface area contributed by atoms with Crippen molar-refractivity contribution in [2.75, 3.05) is 37.5 Å². The summed E-state index contributed by atoms with van der Waals surface area (Å²) in [5.41, 5.74) is 9.91. The van der Waals surface area contributed by atoms with E-state index in [1.165, 1.54) is 39.6 Å². The minimum Gasteiger partial charge on any atom is -0.378 e. The number of rotatable bonds is 12. The van der Waals surface area contributed by atoms with Crippen molar-refractivity contribution < 1.29 is 13.2 Å². The molecule has 4 aromatic carbocycles. The first-order valence-electron chi connectivity index (χ1n) is 16.7. The van der Waals surface area contributed by atoms with Crippen molar-refractivity contribution in [2.24, 2.45) is 0 Å². The highest BCUT2D eigenvalue weighted by molar-refractivity contribution is 5.85. The first-order valence-corrected chi connectivity index (χ1v) is 16.7. The van der Waals surface area contributed by atoms with Crippen LogP contribution in [0.15, 0.2) is 91.0 Å². The third-order valence-corrected chi connectivity index (χ3v) is 9.19. The average molecular weight is 638 g/mol. The Morgan fingerprint density at radius 2 is 1.26 bits per heavy atom. The molecule has 0 N–H and O–H groups in total. The Morgan fingerprint density at radius 1 is 0.660 bits per heavy atom. The summed E-state index contributed by atoms with van der Waals surface area (Å²) in [5, 5.41) is 1.40. The molecule has 246 valence electrons. The zero-order valence-corrected chi connectivity index (χ0v) is 28.5. The summed E-state index contributed by atoms with van der Waals surface area (Å²) < 4.78 is 40.1. The van der Waals surface area contributed by atoms with Gasteiger partial charge in [0.25, 0.3) is 0 Å². The monoisotopic (exact) mass is 637 g/mol. The molecule has 3 nitrogen and oxygen atoms in total. The molecule has 0 aliphatic carbocycles. The molecular weight excluding hydrogens is 591 g/mol. The summed E-state index contributed by atoms with van der Waals surface area (Å²) in [6.45, 7) is 7.21. The molecule has 5 rings (SSSR count). The molecule has 0 bridgehead atoms. The number of aryl methyl sites for hydroxylation is 4. The normalized spacial score (nSPS) is 12.4. The van der Waals surface area contributed by atoms with Crippen LogP contribution >= 0.6 is 0 Å². The predicted molar refractivity (Wildman–Crippen MR) is 191 cm³/mol. The molecule has 1 atom stereocenters. The Kier molecular flexibility index (Phi) is 10.6. The number of hydrogen-bond donors (Lipinski definition) is 0. The molecule has 5 aromatic rings. The van der Waals surface area contributed by atoms with E-state index >= 15 is 0 Å². The second-order valence-electron chi connectivity index (χ2n) is 12.7. The lowest BCUT2D eigenvalue weighted by molar-refractivity contribution is -0.137. The van der Waals surface area contributed by atoms with Gasteiger partial charge in [-0.05, 0) is 108 Å². The van der Waals surface area contributed by atoms with E-state index in [1.54, 1.807) is 12.1 Å². The maximum atomic E-state index is 13.4. The van der Waals surface area contributed by atoms with E-state index in [1.807, 2.05) is 6.92 Å². The van der Waals surface area contributed by atoms with E-state index in [-0.39, 0.29) is 5.92 Å². The van der Waals surface area contributed by atoms with Crippen molar-refractivity contribution in [1.29, 1.82) is 0 Å². The number of fused-ring (bicyclic) bond motifs is 1. The van der Waals surface area contributed by atoms with Crippen LogP contribution in [0.1, 0.15) is 77.9 Å². The fourth-order valence-corrected chi connectivity index (χ4v) is 6.38. The van der Waals surface area contributed by atoms with Crippen LogP contribution < -0.4 is 9.80 Å². The molecule has 0 aliphatic rings. The number of nitrogens with zero attached hydrogens (tertiary/aromatic N) is 3. The summed E-state index contributed by atoms with van der Waals surface area (Å²) >= 11 is 0. The van der Waals surface area contributed by atoms with Gasteiger partial charge in [0, 0.05) is 61.8 Å². The smallest absolute Gasteiger partial charge is 0.378 e. The molecule has 1 unspecified atom stereocenters. The third-order valence-electron chi connectivity index (χ3n) is 9.19. The van der Waals surface area contributed by atoms with Crippen LogP contribution in [0.2, 0.25) is 0 Å². The minimum atomic E-state index is -4.36. The van der Waals surface area contributed by atoms with Crippen molar-refractivity contribution in [1.82, 2.24) is 4.98 Å². The predicted octanol–water partition coefficient (Wildman–Crippen LogP) is 10.3. The molecule has 0 fully saturated rings. The first-order chi connectivity index (χ1) is 22.5. The van der Waals surface area contributed by atoms with Gasteiger partial charge in [0.05, 0.1) is 5.56 Å².